The summed E-state index contributed by atoms with van der Waals surface area (Å²) in [6, 6.07) is 0. The highest BCUT2D eigenvalue weighted by molar-refractivity contribution is 5.77. The summed E-state index contributed by atoms with van der Waals surface area (Å²) in [5, 5.41) is 3.17. The number of rotatable bonds is 6. The molecule has 1 rings (SSSR count). The van der Waals surface area contributed by atoms with E-state index in [9.17, 15) is 4.79 Å². The third-order valence-electron chi connectivity index (χ3n) is 3.22. The number of nitrogens with one attached hydrogen (secondary N) is 1. The molecule has 1 N–H and O–H groups in total. The molecule has 0 saturated carbocycles. The lowest BCUT2D eigenvalue weighted by atomic mass is 10.2. The molecule has 0 bridgehead atoms. The van der Waals surface area contributed by atoms with Crippen LogP contribution in [-0.2, 0) is 9.53 Å². The van der Waals surface area contributed by atoms with Crippen LogP contribution in [0.4, 0.5) is 0 Å². The fourth-order valence-electron chi connectivity index (χ4n) is 1.84. The molecule has 1 aliphatic rings. The zero-order valence-corrected chi connectivity index (χ0v) is 11.2. The average Bonchev–Trinajstić information content (AvgIpc) is 2.37. The first-order chi connectivity index (χ1) is 8.17. The minimum atomic E-state index is 0.135. The van der Waals surface area contributed by atoms with Crippen molar-refractivity contribution in [3.63, 3.8) is 0 Å². The van der Waals surface area contributed by atoms with E-state index in [1.54, 1.807) is 4.90 Å². The Labute approximate surface area is 104 Å². The normalized spacial score (nSPS) is 21.5. The predicted molar refractivity (Wildman–Crippen MR) is 68.0 cm³/mol. The number of hydrogen-bond acceptors (Lipinski definition) is 4. The summed E-state index contributed by atoms with van der Waals surface area (Å²) in [6.07, 6.45) is 0.212. The second-order valence-corrected chi connectivity index (χ2v) is 4.42. The molecule has 0 spiro atoms. The van der Waals surface area contributed by atoms with Crippen molar-refractivity contribution >= 4 is 5.91 Å². The Morgan fingerprint density at radius 1 is 1.53 bits per heavy atom. The van der Waals surface area contributed by atoms with Gasteiger partial charge >= 0.3 is 0 Å². The molecule has 0 radical (unpaired) electrons. The maximum Gasteiger partial charge on any atom is 0.236 e. The number of carbonyl (C=O) groups is 1. The van der Waals surface area contributed by atoms with E-state index in [4.69, 9.17) is 4.74 Å². The van der Waals surface area contributed by atoms with E-state index < -0.39 is 0 Å². The molecular formula is C12H25N3O2. The highest BCUT2D eigenvalue weighted by Gasteiger charge is 2.19. The molecule has 0 aromatic rings. The fourth-order valence-corrected chi connectivity index (χ4v) is 1.84. The van der Waals surface area contributed by atoms with E-state index in [0.717, 1.165) is 39.3 Å². The monoisotopic (exact) mass is 243 g/mol. The van der Waals surface area contributed by atoms with Crippen LogP contribution in [0.3, 0.4) is 0 Å². The third-order valence-corrected chi connectivity index (χ3v) is 3.22. The van der Waals surface area contributed by atoms with Crippen molar-refractivity contribution in [1.29, 1.82) is 0 Å². The number of morpholine rings is 1. The minimum absolute atomic E-state index is 0.135. The Balaban J connectivity index is 2.15. The lowest BCUT2D eigenvalue weighted by molar-refractivity contribution is -0.128. The number of hydrogen-bond donors (Lipinski definition) is 1. The topological polar surface area (TPSA) is 44.8 Å². The summed E-state index contributed by atoms with van der Waals surface area (Å²) in [5.41, 5.74) is 0. The molecule has 0 aromatic heterocycles. The Morgan fingerprint density at radius 3 is 2.94 bits per heavy atom. The van der Waals surface area contributed by atoms with Gasteiger partial charge in [-0.25, -0.2) is 0 Å². The highest BCUT2D eigenvalue weighted by atomic mass is 16.5. The number of likely N-dealkylation sites (N-methyl/N-ethyl adjacent to an activating group) is 2. The van der Waals surface area contributed by atoms with E-state index in [1.807, 2.05) is 14.0 Å². The molecule has 1 aliphatic heterocycles. The first-order valence-corrected chi connectivity index (χ1v) is 6.46. The number of carbonyl (C=O) groups excluding carboxylic acids is 1. The summed E-state index contributed by atoms with van der Waals surface area (Å²) >= 11 is 0. The molecule has 5 heteroatoms. The number of ether oxygens (including phenoxy) is 1. The number of amides is 1. The van der Waals surface area contributed by atoms with Crippen LogP contribution in [0.2, 0.25) is 0 Å². The van der Waals surface area contributed by atoms with Crippen molar-refractivity contribution in [3.8, 4) is 0 Å². The van der Waals surface area contributed by atoms with Crippen LogP contribution in [0.25, 0.3) is 0 Å². The molecular weight excluding hydrogens is 218 g/mol. The van der Waals surface area contributed by atoms with Gasteiger partial charge in [-0.2, -0.15) is 0 Å². The minimum Gasteiger partial charge on any atom is -0.374 e. The smallest absolute Gasteiger partial charge is 0.236 e. The first-order valence-electron chi connectivity index (χ1n) is 6.46. The second kappa shape index (κ2) is 7.63. The maximum atomic E-state index is 11.5. The summed E-state index contributed by atoms with van der Waals surface area (Å²) in [7, 11) is 1.82. The van der Waals surface area contributed by atoms with Gasteiger partial charge in [0.1, 0.15) is 0 Å². The Morgan fingerprint density at radius 2 is 2.29 bits per heavy atom. The van der Waals surface area contributed by atoms with Crippen molar-refractivity contribution < 1.29 is 9.53 Å². The third kappa shape index (κ3) is 5.02. The predicted octanol–water partition coefficient (Wildman–Crippen LogP) is -0.225. The van der Waals surface area contributed by atoms with Gasteiger partial charge in [-0.3, -0.25) is 9.69 Å². The zero-order valence-electron chi connectivity index (χ0n) is 11.2. The Hall–Kier alpha value is -0.650. The summed E-state index contributed by atoms with van der Waals surface area (Å²) in [4.78, 5) is 15.6. The van der Waals surface area contributed by atoms with Gasteiger partial charge in [0.05, 0.1) is 19.3 Å². The van der Waals surface area contributed by atoms with Crippen LogP contribution in [-0.4, -0.2) is 74.7 Å². The maximum absolute atomic E-state index is 11.5. The van der Waals surface area contributed by atoms with Gasteiger partial charge in [0, 0.05) is 33.2 Å². The van der Waals surface area contributed by atoms with E-state index in [1.165, 1.54) is 0 Å². The molecule has 1 unspecified atom stereocenters. The molecule has 17 heavy (non-hydrogen) atoms. The van der Waals surface area contributed by atoms with Gasteiger partial charge in [-0.1, -0.05) is 6.92 Å². The van der Waals surface area contributed by atoms with Crippen LogP contribution in [0.1, 0.15) is 13.8 Å². The molecule has 100 valence electrons. The van der Waals surface area contributed by atoms with Gasteiger partial charge in [0.2, 0.25) is 5.91 Å². The van der Waals surface area contributed by atoms with E-state index >= 15 is 0 Å². The van der Waals surface area contributed by atoms with Crippen molar-refractivity contribution in [2.24, 2.45) is 0 Å². The molecule has 1 saturated heterocycles. The van der Waals surface area contributed by atoms with Crippen LogP contribution in [0.5, 0.6) is 0 Å². The molecule has 1 heterocycles. The molecule has 0 aromatic carbocycles. The van der Waals surface area contributed by atoms with Crippen LogP contribution >= 0.6 is 0 Å². The Bertz CT molecular complexity index is 236. The average molecular weight is 243 g/mol. The van der Waals surface area contributed by atoms with Crippen molar-refractivity contribution in [3.05, 3.63) is 0 Å². The van der Waals surface area contributed by atoms with E-state index in [-0.39, 0.29) is 12.0 Å². The van der Waals surface area contributed by atoms with E-state index in [0.29, 0.717) is 6.54 Å². The molecule has 0 aliphatic carbocycles. The molecule has 1 amide bonds. The van der Waals surface area contributed by atoms with E-state index in [2.05, 4.69) is 17.1 Å². The zero-order chi connectivity index (χ0) is 12.7. The Kier molecular flexibility index (Phi) is 6.47. The van der Waals surface area contributed by atoms with Crippen LogP contribution in [0.15, 0.2) is 0 Å². The summed E-state index contributed by atoms with van der Waals surface area (Å²) in [6.45, 7) is 9.88. The number of nitrogens with zero attached hydrogens (tertiary/aromatic N) is 2. The quantitative estimate of drug-likeness (QED) is 0.700. The van der Waals surface area contributed by atoms with Gasteiger partial charge in [0.15, 0.2) is 0 Å². The fraction of sp³-hybridized carbons (Fsp3) is 0.917. The molecule has 1 fully saturated rings. The SMILES string of the molecule is CCN1CCOC(CNCC(=O)N(C)CC)C1. The van der Waals surface area contributed by atoms with Crippen LogP contribution < -0.4 is 5.32 Å². The van der Waals surface area contributed by atoms with Gasteiger partial charge in [-0.15, -0.1) is 0 Å². The van der Waals surface area contributed by atoms with Gasteiger partial charge < -0.3 is 15.0 Å². The second-order valence-electron chi connectivity index (χ2n) is 4.42. The summed E-state index contributed by atoms with van der Waals surface area (Å²) in [5.74, 6) is 0.135. The molecule has 1 atom stereocenters. The molecule has 5 nitrogen and oxygen atoms in total. The summed E-state index contributed by atoms with van der Waals surface area (Å²) < 4.78 is 5.65. The van der Waals surface area contributed by atoms with Crippen molar-refractivity contribution in [1.82, 2.24) is 15.1 Å². The van der Waals surface area contributed by atoms with Crippen LogP contribution in [0, 0.1) is 0 Å². The lowest BCUT2D eigenvalue weighted by Gasteiger charge is -2.32. The highest BCUT2D eigenvalue weighted by Crippen LogP contribution is 2.03. The lowest BCUT2D eigenvalue weighted by Crippen LogP contribution is -2.47. The standard InChI is InChI=1S/C12H25N3O2/c1-4-14(3)12(16)9-13-8-11-10-15(5-2)6-7-17-11/h11,13H,4-10H2,1-3H3. The van der Waals surface area contributed by atoms with Crippen molar-refractivity contribution in [2.75, 3.05) is 52.9 Å². The first kappa shape index (κ1) is 14.4. The van der Waals surface area contributed by atoms with Gasteiger partial charge in [-0.05, 0) is 13.5 Å². The largest absolute Gasteiger partial charge is 0.374 e. The van der Waals surface area contributed by atoms with Crippen molar-refractivity contribution in [2.45, 2.75) is 20.0 Å². The van der Waals surface area contributed by atoms with Gasteiger partial charge in [0.25, 0.3) is 0 Å².